The first-order chi connectivity index (χ1) is 9.12. The second kappa shape index (κ2) is 7.28. The number of nitrogen functional groups attached to an aromatic ring is 1. The van der Waals surface area contributed by atoms with Crippen LogP contribution in [0.2, 0.25) is 0 Å². The molecule has 1 aromatic rings. The summed E-state index contributed by atoms with van der Waals surface area (Å²) in [5, 5.41) is 12.9. The maximum absolute atomic E-state index is 9.58. The SMILES string of the molecule is CCCc1c(N)ncnc1NCC(CC)(CC)CO. The molecule has 19 heavy (non-hydrogen) atoms. The Bertz CT molecular complexity index is 383. The van der Waals surface area contributed by atoms with Crippen LogP contribution in [-0.4, -0.2) is 28.2 Å². The van der Waals surface area contributed by atoms with Crippen molar-refractivity contribution in [3.63, 3.8) is 0 Å². The van der Waals surface area contributed by atoms with Crippen LogP contribution in [0.25, 0.3) is 0 Å². The Labute approximate surface area is 115 Å². The standard InChI is InChI=1S/C14H26N4O/c1-4-7-11-12(15)17-10-18-13(11)16-8-14(5-2,6-3)9-19/h10,19H,4-9H2,1-3H3,(H3,15,16,17,18). The van der Waals surface area contributed by atoms with Crippen molar-refractivity contribution in [2.75, 3.05) is 24.2 Å². The lowest BCUT2D eigenvalue weighted by molar-refractivity contribution is 0.127. The lowest BCUT2D eigenvalue weighted by atomic mass is 9.83. The molecule has 1 heterocycles. The fraction of sp³-hybridized carbons (Fsp3) is 0.714. The minimum Gasteiger partial charge on any atom is -0.396 e. The Morgan fingerprint density at radius 3 is 2.47 bits per heavy atom. The summed E-state index contributed by atoms with van der Waals surface area (Å²) in [5.41, 5.74) is 6.79. The molecule has 0 spiro atoms. The van der Waals surface area contributed by atoms with Gasteiger partial charge in [-0.05, 0) is 19.3 Å². The lowest BCUT2D eigenvalue weighted by Gasteiger charge is -2.30. The van der Waals surface area contributed by atoms with Gasteiger partial charge in [0.05, 0.1) is 6.61 Å². The molecule has 0 amide bonds. The van der Waals surface area contributed by atoms with Crippen molar-refractivity contribution in [1.29, 1.82) is 0 Å². The van der Waals surface area contributed by atoms with Crippen LogP contribution in [0.15, 0.2) is 6.33 Å². The minimum atomic E-state index is -0.0941. The second-order valence-electron chi connectivity index (χ2n) is 5.05. The molecule has 1 rings (SSSR count). The minimum absolute atomic E-state index is 0.0941. The third-order valence-electron chi connectivity index (χ3n) is 3.94. The van der Waals surface area contributed by atoms with Crippen LogP contribution in [0, 0.1) is 5.41 Å². The summed E-state index contributed by atoms with van der Waals surface area (Å²) in [7, 11) is 0. The van der Waals surface area contributed by atoms with Crippen molar-refractivity contribution in [2.24, 2.45) is 5.41 Å². The fourth-order valence-electron chi connectivity index (χ4n) is 2.13. The maximum Gasteiger partial charge on any atom is 0.134 e. The summed E-state index contributed by atoms with van der Waals surface area (Å²) in [6, 6.07) is 0. The van der Waals surface area contributed by atoms with Gasteiger partial charge in [0.25, 0.3) is 0 Å². The van der Waals surface area contributed by atoms with Crippen molar-refractivity contribution < 1.29 is 5.11 Å². The molecule has 0 radical (unpaired) electrons. The molecule has 108 valence electrons. The van der Waals surface area contributed by atoms with E-state index in [9.17, 15) is 5.11 Å². The Balaban J connectivity index is 2.85. The molecular weight excluding hydrogens is 240 g/mol. The lowest BCUT2D eigenvalue weighted by Crippen LogP contribution is -2.32. The largest absolute Gasteiger partial charge is 0.396 e. The van der Waals surface area contributed by atoms with Gasteiger partial charge in [0.2, 0.25) is 0 Å². The summed E-state index contributed by atoms with van der Waals surface area (Å²) < 4.78 is 0. The van der Waals surface area contributed by atoms with Gasteiger partial charge in [-0.15, -0.1) is 0 Å². The molecule has 5 heteroatoms. The van der Waals surface area contributed by atoms with E-state index in [1.165, 1.54) is 6.33 Å². The fourth-order valence-corrected chi connectivity index (χ4v) is 2.13. The Kier molecular flexibility index (Phi) is 6.02. The van der Waals surface area contributed by atoms with Gasteiger partial charge in [-0.1, -0.05) is 27.2 Å². The molecule has 0 saturated heterocycles. The molecular formula is C14H26N4O. The summed E-state index contributed by atoms with van der Waals surface area (Å²) in [4.78, 5) is 8.32. The molecule has 1 aromatic heterocycles. The van der Waals surface area contributed by atoms with Crippen LogP contribution < -0.4 is 11.1 Å². The van der Waals surface area contributed by atoms with Gasteiger partial charge < -0.3 is 16.2 Å². The number of nitrogens with zero attached hydrogens (tertiary/aromatic N) is 2. The Hall–Kier alpha value is -1.36. The number of aliphatic hydroxyl groups excluding tert-OH is 1. The van der Waals surface area contributed by atoms with Gasteiger partial charge in [0.1, 0.15) is 18.0 Å². The molecule has 0 aliphatic rings. The van der Waals surface area contributed by atoms with Gasteiger partial charge in [0, 0.05) is 17.5 Å². The number of aliphatic hydroxyl groups is 1. The van der Waals surface area contributed by atoms with E-state index in [2.05, 4.69) is 36.1 Å². The predicted octanol–water partition coefficient (Wildman–Crippen LogP) is 2.22. The highest BCUT2D eigenvalue weighted by molar-refractivity contribution is 5.55. The van der Waals surface area contributed by atoms with E-state index in [0.717, 1.165) is 37.1 Å². The van der Waals surface area contributed by atoms with Crippen LogP contribution in [0.1, 0.15) is 45.6 Å². The molecule has 0 aliphatic carbocycles. The summed E-state index contributed by atoms with van der Waals surface area (Å²) in [6.07, 6.45) is 5.20. The molecule has 0 atom stereocenters. The van der Waals surface area contributed by atoms with Gasteiger partial charge in [-0.25, -0.2) is 9.97 Å². The van der Waals surface area contributed by atoms with Crippen LogP contribution in [-0.2, 0) is 6.42 Å². The molecule has 0 aliphatic heterocycles. The quantitative estimate of drug-likeness (QED) is 0.672. The van der Waals surface area contributed by atoms with Crippen LogP contribution >= 0.6 is 0 Å². The van der Waals surface area contributed by atoms with E-state index in [1.54, 1.807) is 0 Å². The first kappa shape index (κ1) is 15.7. The number of aromatic nitrogens is 2. The topological polar surface area (TPSA) is 84.1 Å². The van der Waals surface area contributed by atoms with Gasteiger partial charge in [-0.2, -0.15) is 0 Å². The van der Waals surface area contributed by atoms with E-state index in [1.807, 2.05) is 0 Å². The monoisotopic (exact) mass is 266 g/mol. The average Bonchev–Trinajstić information content (AvgIpc) is 2.44. The van der Waals surface area contributed by atoms with Gasteiger partial charge in [0.15, 0.2) is 0 Å². The summed E-state index contributed by atoms with van der Waals surface area (Å²) >= 11 is 0. The van der Waals surface area contributed by atoms with Crippen molar-refractivity contribution in [3.05, 3.63) is 11.9 Å². The van der Waals surface area contributed by atoms with E-state index in [0.29, 0.717) is 12.4 Å². The number of hydrogen-bond donors (Lipinski definition) is 3. The molecule has 4 N–H and O–H groups in total. The van der Waals surface area contributed by atoms with Gasteiger partial charge in [-0.3, -0.25) is 0 Å². The molecule has 0 unspecified atom stereocenters. The van der Waals surface area contributed by atoms with Crippen molar-refractivity contribution in [3.8, 4) is 0 Å². The Morgan fingerprint density at radius 1 is 1.26 bits per heavy atom. The third kappa shape index (κ3) is 3.80. The molecule has 0 aromatic carbocycles. The zero-order valence-electron chi connectivity index (χ0n) is 12.2. The van der Waals surface area contributed by atoms with Crippen LogP contribution in [0.3, 0.4) is 0 Å². The summed E-state index contributed by atoms with van der Waals surface area (Å²) in [5.74, 6) is 1.34. The first-order valence-corrected chi connectivity index (χ1v) is 7.06. The number of rotatable bonds is 8. The Morgan fingerprint density at radius 2 is 1.95 bits per heavy atom. The number of hydrogen-bond acceptors (Lipinski definition) is 5. The third-order valence-corrected chi connectivity index (χ3v) is 3.94. The number of nitrogens with two attached hydrogens (primary N) is 1. The summed E-state index contributed by atoms with van der Waals surface area (Å²) in [6.45, 7) is 7.18. The highest BCUT2D eigenvalue weighted by atomic mass is 16.3. The van der Waals surface area contributed by atoms with Crippen LogP contribution in [0.5, 0.6) is 0 Å². The molecule has 0 bridgehead atoms. The zero-order valence-corrected chi connectivity index (χ0v) is 12.2. The smallest absolute Gasteiger partial charge is 0.134 e. The van der Waals surface area contributed by atoms with Crippen molar-refractivity contribution in [1.82, 2.24) is 9.97 Å². The van der Waals surface area contributed by atoms with Crippen molar-refractivity contribution >= 4 is 11.6 Å². The average molecular weight is 266 g/mol. The van der Waals surface area contributed by atoms with E-state index in [4.69, 9.17) is 5.73 Å². The maximum atomic E-state index is 9.58. The number of nitrogens with one attached hydrogen (secondary N) is 1. The molecule has 0 fully saturated rings. The second-order valence-corrected chi connectivity index (χ2v) is 5.05. The van der Waals surface area contributed by atoms with E-state index in [-0.39, 0.29) is 12.0 Å². The highest BCUT2D eigenvalue weighted by Crippen LogP contribution is 2.27. The van der Waals surface area contributed by atoms with Gasteiger partial charge >= 0.3 is 0 Å². The van der Waals surface area contributed by atoms with Crippen molar-refractivity contribution in [2.45, 2.75) is 46.5 Å². The highest BCUT2D eigenvalue weighted by Gasteiger charge is 2.25. The molecule has 0 saturated carbocycles. The van der Waals surface area contributed by atoms with E-state index >= 15 is 0 Å². The molecule has 5 nitrogen and oxygen atoms in total. The zero-order chi connectivity index (χ0) is 14.3. The predicted molar refractivity (Wildman–Crippen MR) is 79.0 cm³/mol. The van der Waals surface area contributed by atoms with Crippen LogP contribution in [0.4, 0.5) is 11.6 Å². The number of anilines is 2. The van der Waals surface area contributed by atoms with E-state index < -0.39 is 0 Å². The normalized spacial score (nSPS) is 11.6. The first-order valence-electron chi connectivity index (χ1n) is 7.06.